The van der Waals surface area contributed by atoms with Gasteiger partial charge >= 0.3 is 0 Å². The fourth-order valence-corrected chi connectivity index (χ4v) is 2.71. The van der Waals surface area contributed by atoms with Crippen LogP contribution in [0.15, 0.2) is 18.2 Å². The molecule has 0 saturated heterocycles. The molecule has 0 heterocycles. The second-order valence-corrected chi connectivity index (χ2v) is 6.67. The van der Waals surface area contributed by atoms with Gasteiger partial charge in [0.1, 0.15) is 0 Å². The largest absolute Gasteiger partial charge is 0.372 e. The Balaban J connectivity index is 2.98. The highest BCUT2D eigenvalue weighted by Crippen LogP contribution is 2.28. The van der Waals surface area contributed by atoms with Gasteiger partial charge in [-0.1, -0.05) is 38.4 Å². The smallest absolute Gasteiger partial charge is 0.0426 e. The quantitative estimate of drug-likeness (QED) is 0.803. The molecule has 2 N–H and O–H groups in total. The molecule has 0 aliphatic rings. The van der Waals surface area contributed by atoms with Gasteiger partial charge in [0.05, 0.1) is 0 Å². The lowest BCUT2D eigenvalue weighted by molar-refractivity contribution is 0.503. The van der Waals surface area contributed by atoms with E-state index in [2.05, 4.69) is 51.8 Å². The predicted octanol–water partition coefficient (Wildman–Crippen LogP) is 4.49. The lowest BCUT2D eigenvalue weighted by Crippen LogP contribution is -2.32. The van der Waals surface area contributed by atoms with Crippen molar-refractivity contribution in [3.63, 3.8) is 0 Å². The van der Waals surface area contributed by atoms with Crippen LogP contribution >= 0.6 is 11.6 Å². The number of nitrogens with zero attached hydrogens (tertiary/aromatic N) is 1. The highest BCUT2D eigenvalue weighted by molar-refractivity contribution is 6.30. The molecule has 1 rings (SSSR count). The van der Waals surface area contributed by atoms with E-state index in [0.717, 1.165) is 17.9 Å². The first-order valence-corrected chi connectivity index (χ1v) is 7.99. The van der Waals surface area contributed by atoms with Gasteiger partial charge in [0, 0.05) is 29.8 Å². The fourth-order valence-electron chi connectivity index (χ4n) is 2.54. The van der Waals surface area contributed by atoms with E-state index < -0.39 is 0 Å². The summed E-state index contributed by atoms with van der Waals surface area (Å²) in [6, 6.07) is 6.85. The van der Waals surface area contributed by atoms with Crippen molar-refractivity contribution in [1.29, 1.82) is 0 Å². The number of halogens is 1. The number of benzene rings is 1. The summed E-state index contributed by atoms with van der Waals surface area (Å²) < 4.78 is 0. The minimum absolute atomic E-state index is 0.212. The third-order valence-electron chi connectivity index (χ3n) is 3.91. The van der Waals surface area contributed by atoms with Gasteiger partial charge in [0.15, 0.2) is 0 Å². The molecule has 2 atom stereocenters. The van der Waals surface area contributed by atoms with Crippen molar-refractivity contribution in [3.8, 4) is 0 Å². The molecule has 0 bridgehead atoms. The van der Waals surface area contributed by atoms with Crippen molar-refractivity contribution in [2.75, 3.05) is 11.9 Å². The Bertz CT molecular complexity index is 417. The van der Waals surface area contributed by atoms with Crippen LogP contribution in [0.5, 0.6) is 0 Å². The molecule has 0 saturated carbocycles. The summed E-state index contributed by atoms with van der Waals surface area (Å²) in [5, 5.41) is 0.789. The van der Waals surface area contributed by atoms with Crippen LogP contribution in [-0.4, -0.2) is 19.1 Å². The zero-order chi connectivity index (χ0) is 15.3. The molecule has 0 fully saturated rings. The monoisotopic (exact) mass is 296 g/mol. The molecule has 0 spiro atoms. The van der Waals surface area contributed by atoms with Crippen LogP contribution in [0.1, 0.15) is 46.1 Å². The van der Waals surface area contributed by atoms with Gasteiger partial charge in [-0.2, -0.15) is 0 Å². The maximum Gasteiger partial charge on any atom is 0.0426 e. The summed E-state index contributed by atoms with van der Waals surface area (Å²) >= 11 is 6.18. The van der Waals surface area contributed by atoms with Gasteiger partial charge in [-0.25, -0.2) is 0 Å². The third kappa shape index (κ3) is 4.99. The van der Waals surface area contributed by atoms with Crippen molar-refractivity contribution < 1.29 is 0 Å². The van der Waals surface area contributed by atoms with Crippen LogP contribution in [0.3, 0.4) is 0 Å². The Morgan fingerprint density at radius 2 is 1.90 bits per heavy atom. The highest BCUT2D eigenvalue weighted by Gasteiger charge is 2.16. The van der Waals surface area contributed by atoms with E-state index in [9.17, 15) is 0 Å². The van der Waals surface area contributed by atoms with Gasteiger partial charge in [-0.3, -0.25) is 0 Å². The van der Waals surface area contributed by atoms with Crippen molar-refractivity contribution in [3.05, 3.63) is 28.8 Å². The van der Waals surface area contributed by atoms with Crippen molar-refractivity contribution in [1.82, 2.24) is 0 Å². The number of hydrogen-bond acceptors (Lipinski definition) is 2. The van der Waals surface area contributed by atoms with Crippen LogP contribution in [-0.2, 0) is 6.42 Å². The average molecular weight is 297 g/mol. The molecule has 0 aromatic heterocycles. The van der Waals surface area contributed by atoms with Crippen LogP contribution in [0.2, 0.25) is 5.02 Å². The zero-order valence-electron chi connectivity index (χ0n) is 13.5. The van der Waals surface area contributed by atoms with Gasteiger partial charge < -0.3 is 10.6 Å². The molecule has 20 heavy (non-hydrogen) atoms. The number of rotatable bonds is 7. The maximum atomic E-state index is 6.18. The Morgan fingerprint density at radius 3 is 2.45 bits per heavy atom. The second-order valence-electron chi connectivity index (χ2n) is 6.23. The summed E-state index contributed by atoms with van der Waals surface area (Å²) in [6.45, 7) is 8.92. The molecular weight excluding hydrogens is 268 g/mol. The number of hydrogen-bond donors (Lipinski definition) is 1. The molecule has 1 aromatic carbocycles. The molecule has 114 valence electrons. The third-order valence-corrected chi connectivity index (χ3v) is 4.14. The first-order chi connectivity index (χ1) is 9.35. The van der Waals surface area contributed by atoms with E-state index in [1.807, 2.05) is 6.07 Å². The molecule has 0 aliphatic heterocycles. The minimum atomic E-state index is 0.212. The second kappa shape index (κ2) is 7.90. The first-order valence-electron chi connectivity index (χ1n) is 7.62. The fraction of sp³-hybridized carbons (Fsp3) is 0.647. The van der Waals surface area contributed by atoms with Crippen molar-refractivity contribution >= 4 is 17.3 Å². The number of anilines is 1. The Morgan fingerprint density at radius 1 is 1.25 bits per heavy atom. The molecule has 0 aliphatic carbocycles. The van der Waals surface area contributed by atoms with Crippen LogP contribution < -0.4 is 10.6 Å². The van der Waals surface area contributed by atoms with Crippen molar-refractivity contribution in [2.45, 2.75) is 59.0 Å². The van der Waals surface area contributed by atoms with E-state index in [1.54, 1.807) is 0 Å². The first kappa shape index (κ1) is 17.3. The average Bonchev–Trinajstić information content (AvgIpc) is 2.38. The molecule has 0 amide bonds. The lowest BCUT2D eigenvalue weighted by Gasteiger charge is -2.31. The van der Waals surface area contributed by atoms with Gasteiger partial charge in [-0.15, -0.1) is 0 Å². The molecule has 0 radical (unpaired) electrons. The Hall–Kier alpha value is -0.730. The summed E-state index contributed by atoms with van der Waals surface area (Å²) in [5.41, 5.74) is 8.63. The molecule has 1 aromatic rings. The van der Waals surface area contributed by atoms with Gasteiger partial charge in [-0.05, 0) is 49.8 Å². The molecule has 2 nitrogen and oxygen atoms in total. The maximum absolute atomic E-state index is 6.18. The number of nitrogens with two attached hydrogens (primary N) is 1. The van der Waals surface area contributed by atoms with Crippen LogP contribution in [0, 0.1) is 5.92 Å². The van der Waals surface area contributed by atoms with Gasteiger partial charge in [0.25, 0.3) is 0 Å². The van der Waals surface area contributed by atoms with Crippen LogP contribution in [0.4, 0.5) is 5.69 Å². The van der Waals surface area contributed by atoms with Crippen LogP contribution in [0.25, 0.3) is 0 Å². The highest BCUT2D eigenvalue weighted by atomic mass is 35.5. The van der Waals surface area contributed by atoms with E-state index >= 15 is 0 Å². The topological polar surface area (TPSA) is 29.3 Å². The Kier molecular flexibility index (Phi) is 6.84. The summed E-state index contributed by atoms with van der Waals surface area (Å²) in [7, 11) is 2.15. The van der Waals surface area contributed by atoms with Gasteiger partial charge in [0.2, 0.25) is 0 Å². The minimum Gasteiger partial charge on any atom is -0.372 e. The Labute approximate surface area is 129 Å². The van der Waals surface area contributed by atoms with E-state index in [4.69, 9.17) is 17.3 Å². The molecule has 3 heteroatoms. The zero-order valence-corrected chi connectivity index (χ0v) is 14.2. The SMILES string of the molecule is CCC(N)Cc1ccc(Cl)cc1N(C)C(C)CC(C)C. The summed E-state index contributed by atoms with van der Waals surface area (Å²) in [6.07, 6.45) is 3.07. The predicted molar refractivity (Wildman–Crippen MR) is 90.7 cm³/mol. The normalized spacial score (nSPS) is 14.4. The van der Waals surface area contributed by atoms with E-state index in [-0.39, 0.29) is 6.04 Å². The van der Waals surface area contributed by atoms with E-state index in [0.29, 0.717) is 12.0 Å². The summed E-state index contributed by atoms with van der Waals surface area (Å²) in [5.74, 6) is 0.688. The summed E-state index contributed by atoms with van der Waals surface area (Å²) in [4.78, 5) is 2.34. The molecule has 2 unspecified atom stereocenters. The molecular formula is C17H29ClN2. The standard InChI is InChI=1S/C17H29ClN2/c1-6-16(19)10-14-7-8-15(18)11-17(14)20(5)13(4)9-12(2)3/h7-8,11-13,16H,6,9-10,19H2,1-5H3. The lowest BCUT2D eigenvalue weighted by atomic mass is 9.99. The van der Waals surface area contributed by atoms with E-state index in [1.165, 1.54) is 17.7 Å². The van der Waals surface area contributed by atoms with Crippen molar-refractivity contribution in [2.24, 2.45) is 11.7 Å².